The molecule has 0 aliphatic carbocycles. The van der Waals surface area contributed by atoms with Crippen molar-refractivity contribution in [2.75, 3.05) is 39.5 Å². The summed E-state index contributed by atoms with van der Waals surface area (Å²) < 4.78 is 11.3. The van der Waals surface area contributed by atoms with E-state index in [9.17, 15) is 0 Å². The fraction of sp³-hybridized carbons (Fsp3) is 1.00. The maximum Gasteiger partial charge on any atom is 0.0983 e. The molecule has 0 bridgehead atoms. The Morgan fingerprint density at radius 1 is 1.26 bits per heavy atom. The van der Waals surface area contributed by atoms with Crippen LogP contribution in [0.1, 0.15) is 33.6 Å². The lowest BCUT2D eigenvalue weighted by molar-refractivity contribution is 0.0378. The Labute approximate surface area is 117 Å². The zero-order valence-corrected chi connectivity index (χ0v) is 12.7. The summed E-state index contributed by atoms with van der Waals surface area (Å²) in [4.78, 5) is 2.59. The normalized spacial score (nSPS) is 30.3. The number of nitrogens with one attached hydrogen (secondary N) is 1. The molecule has 2 saturated heterocycles. The molecular formula is C15H30N2O2. The zero-order chi connectivity index (χ0) is 13.7. The Morgan fingerprint density at radius 2 is 2.00 bits per heavy atom. The average Bonchev–Trinajstić information content (AvgIpc) is 2.79. The van der Waals surface area contributed by atoms with Crippen molar-refractivity contribution in [1.29, 1.82) is 0 Å². The van der Waals surface area contributed by atoms with Crippen molar-refractivity contribution in [2.45, 2.75) is 51.8 Å². The first kappa shape index (κ1) is 15.2. The van der Waals surface area contributed by atoms with E-state index >= 15 is 0 Å². The molecule has 2 fully saturated rings. The molecule has 0 radical (unpaired) electrons. The van der Waals surface area contributed by atoms with Gasteiger partial charge >= 0.3 is 0 Å². The van der Waals surface area contributed by atoms with Crippen molar-refractivity contribution in [2.24, 2.45) is 5.92 Å². The van der Waals surface area contributed by atoms with E-state index in [-0.39, 0.29) is 6.10 Å². The van der Waals surface area contributed by atoms with Gasteiger partial charge in [0.2, 0.25) is 0 Å². The fourth-order valence-electron chi connectivity index (χ4n) is 3.17. The van der Waals surface area contributed by atoms with Crippen LogP contribution in [0.25, 0.3) is 0 Å². The summed E-state index contributed by atoms with van der Waals surface area (Å²) in [5.74, 6) is 0.773. The second kappa shape index (κ2) is 7.58. The van der Waals surface area contributed by atoms with Crippen LogP contribution in [0.4, 0.5) is 0 Å². The van der Waals surface area contributed by atoms with Crippen LogP contribution in [-0.2, 0) is 9.47 Å². The number of hydrogen-bond acceptors (Lipinski definition) is 4. The van der Waals surface area contributed by atoms with Crippen LogP contribution in [0.15, 0.2) is 0 Å². The van der Waals surface area contributed by atoms with Crippen LogP contribution >= 0.6 is 0 Å². The van der Waals surface area contributed by atoms with E-state index in [0.29, 0.717) is 12.1 Å². The van der Waals surface area contributed by atoms with E-state index in [1.165, 1.54) is 32.5 Å². The summed E-state index contributed by atoms with van der Waals surface area (Å²) in [6.45, 7) is 12.7. The first-order valence-corrected chi connectivity index (χ1v) is 7.86. The van der Waals surface area contributed by atoms with Crippen molar-refractivity contribution in [3.8, 4) is 0 Å². The van der Waals surface area contributed by atoms with Gasteiger partial charge in [0.1, 0.15) is 0 Å². The van der Waals surface area contributed by atoms with Crippen molar-refractivity contribution in [3.63, 3.8) is 0 Å². The van der Waals surface area contributed by atoms with Crippen molar-refractivity contribution >= 4 is 0 Å². The maximum atomic E-state index is 5.73. The van der Waals surface area contributed by atoms with Crippen LogP contribution < -0.4 is 5.32 Å². The van der Waals surface area contributed by atoms with Crippen molar-refractivity contribution in [3.05, 3.63) is 0 Å². The highest BCUT2D eigenvalue weighted by atomic mass is 16.5. The smallest absolute Gasteiger partial charge is 0.0983 e. The number of hydrogen-bond donors (Lipinski definition) is 1. The monoisotopic (exact) mass is 270 g/mol. The van der Waals surface area contributed by atoms with Gasteiger partial charge in [-0.15, -0.1) is 0 Å². The molecule has 0 aromatic heterocycles. The molecule has 0 amide bonds. The lowest BCUT2D eigenvalue weighted by Crippen LogP contribution is -2.50. The Hall–Kier alpha value is -0.160. The molecule has 4 nitrogen and oxygen atoms in total. The second-order valence-corrected chi connectivity index (χ2v) is 6.27. The summed E-state index contributed by atoms with van der Waals surface area (Å²) in [7, 11) is 0. The largest absolute Gasteiger partial charge is 0.377 e. The van der Waals surface area contributed by atoms with Gasteiger partial charge in [-0.05, 0) is 38.8 Å². The highest BCUT2D eigenvalue weighted by Crippen LogP contribution is 2.16. The Kier molecular flexibility index (Phi) is 6.07. The third-order valence-corrected chi connectivity index (χ3v) is 4.07. The van der Waals surface area contributed by atoms with Gasteiger partial charge in [-0.1, -0.05) is 13.8 Å². The third-order valence-electron chi connectivity index (χ3n) is 4.07. The Balaban J connectivity index is 1.70. The van der Waals surface area contributed by atoms with Gasteiger partial charge in [0.05, 0.1) is 25.4 Å². The molecule has 0 saturated carbocycles. The lowest BCUT2D eigenvalue weighted by Gasteiger charge is -2.35. The van der Waals surface area contributed by atoms with E-state index in [1.54, 1.807) is 0 Å². The highest BCUT2D eigenvalue weighted by molar-refractivity contribution is 4.87. The van der Waals surface area contributed by atoms with Gasteiger partial charge in [-0.25, -0.2) is 0 Å². The minimum absolute atomic E-state index is 0.249. The number of nitrogens with zero attached hydrogens (tertiary/aromatic N) is 1. The molecule has 4 heteroatoms. The molecule has 1 N–H and O–H groups in total. The molecule has 0 unspecified atom stereocenters. The van der Waals surface area contributed by atoms with E-state index in [1.807, 2.05) is 0 Å². The summed E-state index contributed by atoms with van der Waals surface area (Å²) in [5.41, 5.74) is 0. The third kappa shape index (κ3) is 4.71. The van der Waals surface area contributed by atoms with Gasteiger partial charge in [-0.2, -0.15) is 0 Å². The quantitative estimate of drug-likeness (QED) is 0.793. The van der Waals surface area contributed by atoms with Gasteiger partial charge in [0.25, 0.3) is 0 Å². The molecule has 0 aromatic rings. The lowest BCUT2D eigenvalue weighted by atomic mass is 10.0. The number of likely N-dealkylation sites (tertiary alicyclic amines) is 1. The Bertz CT molecular complexity index is 253. The van der Waals surface area contributed by atoms with Crippen LogP contribution in [0.5, 0.6) is 0 Å². The van der Waals surface area contributed by atoms with Crippen molar-refractivity contribution in [1.82, 2.24) is 10.2 Å². The van der Waals surface area contributed by atoms with Crippen LogP contribution in [0.3, 0.4) is 0 Å². The maximum absolute atomic E-state index is 5.73. The van der Waals surface area contributed by atoms with Gasteiger partial charge in [0.15, 0.2) is 0 Å². The van der Waals surface area contributed by atoms with E-state index in [0.717, 1.165) is 25.7 Å². The van der Waals surface area contributed by atoms with E-state index < -0.39 is 0 Å². The van der Waals surface area contributed by atoms with E-state index in [2.05, 4.69) is 31.0 Å². The second-order valence-electron chi connectivity index (χ2n) is 6.27. The Morgan fingerprint density at radius 3 is 2.63 bits per heavy atom. The predicted molar refractivity (Wildman–Crippen MR) is 77.5 cm³/mol. The molecule has 112 valence electrons. The van der Waals surface area contributed by atoms with Gasteiger partial charge < -0.3 is 19.7 Å². The molecule has 0 spiro atoms. The van der Waals surface area contributed by atoms with Gasteiger partial charge in [-0.3, -0.25) is 0 Å². The first-order chi connectivity index (χ1) is 9.19. The van der Waals surface area contributed by atoms with Crippen LogP contribution in [0, 0.1) is 5.92 Å². The summed E-state index contributed by atoms with van der Waals surface area (Å²) >= 11 is 0. The summed E-state index contributed by atoms with van der Waals surface area (Å²) in [6, 6.07) is 1.03. The number of rotatable bonds is 6. The minimum Gasteiger partial charge on any atom is -0.377 e. The van der Waals surface area contributed by atoms with Crippen LogP contribution in [0.2, 0.25) is 0 Å². The van der Waals surface area contributed by atoms with Crippen molar-refractivity contribution < 1.29 is 9.47 Å². The van der Waals surface area contributed by atoms with Gasteiger partial charge in [0, 0.05) is 19.2 Å². The fourth-order valence-corrected chi connectivity index (χ4v) is 3.17. The standard InChI is InChI=1S/C15H30N2O2/c1-4-19-15-11-18-10-14(15)16-13-5-7-17(8-6-13)9-12(2)3/h12-16H,4-11H2,1-3H3/t14-,15-/m1/s1. The molecule has 2 heterocycles. The molecule has 2 aliphatic rings. The van der Waals surface area contributed by atoms with Crippen LogP contribution in [-0.4, -0.2) is 62.5 Å². The molecule has 2 aliphatic heterocycles. The molecule has 0 aromatic carbocycles. The molecule has 2 atom stereocenters. The topological polar surface area (TPSA) is 33.7 Å². The summed E-state index contributed by atoms with van der Waals surface area (Å²) in [5, 5.41) is 3.75. The molecule has 2 rings (SSSR count). The number of piperidine rings is 1. The average molecular weight is 270 g/mol. The minimum atomic E-state index is 0.249. The predicted octanol–water partition coefficient (Wildman–Crippen LogP) is 1.50. The molecule has 19 heavy (non-hydrogen) atoms. The van der Waals surface area contributed by atoms with E-state index in [4.69, 9.17) is 9.47 Å². The zero-order valence-electron chi connectivity index (χ0n) is 12.7. The molecular weight excluding hydrogens is 240 g/mol. The number of ether oxygens (including phenoxy) is 2. The first-order valence-electron chi connectivity index (χ1n) is 7.86. The SMILES string of the molecule is CCO[C@@H]1COC[C@H]1NC1CCN(CC(C)C)CC1. The summed E-state index contributed by atoms with van der Waals surface area (Å²) in [6.07, 6.45) is 2.75. The highest BCUT2D eigenvalue weighted by Gasteiger charge is 2.31.